The van der Waals surface area contributed by atoms with Crippen molar-refractivity contribution in [3.05, 3.63) is 0 Å². The normalized spacial score (nSPS) is 25.1. The number of amides is 2. The highest BCUT2D eigenvalue weighted by atomic mass is 16.2. The summed E-state index contributed by atoms with van der Waals surface area (Å²) in [5.41, 5.74) is 0. The van der Waals surface area contributed by atoms with E-state index in [2.05, 4.69) is 29.8 Å². The molecule has 1 aliphatic heterocycles. The lowest BCUT2D eigenvalue weighted by molar-refractivity contribution is 0.236. The van der Waals surface area contributed by atoms with E-state index in [1.807, 2.05) is 0 Å². The molecule has 3 N–H and O–H groups in total. The number of hydrogen-bond acceptors (Lipinski definition) is 2. The Morgan fingerprint density at radius 1 is 1.38 bits per heavy atom. The highest BCUT2D eigenvalue weighted by Gasteiger charge is 2.17. The standard InChI is InChI=1S/C12H25N3O/c1-3-4-8-13-12(16)14-9-11-7-5-6-10(2)15-11/h10-11,15H,3-9H2,1-2H3,(H2,13,14,16). The summed E-state index contributed by atoms with van der Waals surface area (Å²) in [5, 5.41) is 9.27. The summed E-state index contributed by atoms with van der Waals surface area (Å²) >= 11 is 0. The summed E-state index contributed by atoms with van der Waals surface area (Å²) in [6, 6.07) is 0.998. The monoisotopic (exact) mass is 227 g/mol. The molecule has 16 heavy (non-hydrogen) atoms. The third kappa shape index (κ3) is 5.35. The van der Waals surface area contributed by atoms with Crippen LogP contribution in [0.4, 0.5) is 4.79 Å². The Balaban J connectivity index is 2.06. The summed E-state index contributed by atoms with van der Waals surface area (Å²) < 4.78 is 0. The van der Waals surface area contributed by atoms with Gasteiger partial charge < -0.3 is 16.0 Å². The molecule has 2 atom stereocenters. The topological polar surface area (TPSA) is 53.2 Å². The van der Waals surface area contributed by atoms with Crippen LogP contribution in [0, 0.1) is 0 Å². The molecule has 1 saturated heterocycles. The van der Waals surface area contributed by atoms with Gasteiger partial charge in [-0.25, -0.2) is 4.79 Å². The van der Waals surface area contributed by atoms with E-state index in [1.165, 1.54) is 19.3 Å². The van der Waals surface area contributed by atoms with E-state index in [9.17, 15) is 4.79 Å². The number of carbonyl (C=O) groups excluding carboxylic acids is 1. The molecule has 4 heteroatoms. The van der Waals surface area contributed by atoms with Crippen LogP contribution in [-0.2, 0) is 0 Å². The number of urea groups is 1. The minimum atomic E-state index is -0.0338. The van der Waals surface area contributed by atoms with Crippen LogP contribution in [0.1, 0.15) is 46.0 Å². The van der Waals surface area contributed by atoms with Crippen molar-refractivity contribution in [2.45, 2.75) is 58.0 Å². The highest BCUT2D eigenvalue weighted by Crippen LogP contribution is 2.11. The molecule has 4 nitrogen and oxygen atoms in total. The molecule has 2 amide bonds. The van der Waals surface area contributed by atoms with Crippen LogP contribution in [0.2, 0.25) is 0 Å². The first kappa shape index (κ1) is 13.3. The van der Waals surface area contributed by atoms with Crippen molar-refractivity contribution in [1.29, 1.82) is 0 Å². The minimum Gasteiger partial charge on any atom is -0.338 e. The van der Waals surface area contributed by atoms with Crippen LogP contribution < -0.4 is 16.0 Å². The van der Waals surface area contributed by atoms with Crippen molar-refractivity contribution in [2.24, 2.45) is 0 Å². The first-order chi connectivity index (χ1) is 7.72. The van der Waals surface area contributed by atoms with E-state index in [4.69, 9.17) is 0 Å². The number of rotatable bonds is 5. The molecule has 0 saturated carbocycles. The van der Waals surface area contributed by atoms with Crippen LogP contribution >= 0.6 is 0 Å². The summed E-state index contributed by atoms with van der Waals surface area (Å²) in [4.78, 5) is 11.4. The first-order valence-corrected chi connectivity index (χ1v) is 6.50. The van der Waals surface area contributed by atoms with Crippen molar-refractivity contribution < 1.29 is 4.79 Å². The van der Waals surface area contributed by atoms with Crippen molar-refractivity contribution >= 4 is 6.03 Å². The van der Waals surface area contributed by atoms with Gasteiger partial charge in [0.2, 0.25) is 0 Å². The van der Waals surface area contributed by atoms with E-state index in [-0.39, 0.29) is 6.03 Å². The lowest BCUT2D eigenvalue weighted by Gasteiger charge is -2.28. The summed E-state index contributed by atoms with van der Waals surface area (Å²) in [6.45, 7) is 5.83. The molecule has 1 rings (SSSR count). The van der Waals surface area contributed by atoms with Gasteiger partial charge in [-0.2, -0.15) is 0 Å². The molecule has 0 bridgehead atoms. The van der Waals surface area contributed by atoms with Gasteiger partial charge in [0.15, 0.2) is 0 Å². The average Bonchev–Trinajstić information content (AvgIpc) is 2.27. The minimum absolute atomic E-state index is 0.0338. The molecular weight excluding hydrogens is 202 g/mol. The second kappa shape index (κ2) is 7.49. The van der Waals surface area contributed by atoms with Gasteiger partial charge in [-0.05, 0) is 26.2 Å². The van der Waals surface area contributed by atoms with Crippen LogP contribution in [-0.4, -0.2) is 31.2 Å². The molecule has 1 fully saturated rings. The SMILES string of the molecule is CCCCNC(=O)NCC1CCCC(C)N1. The maximum Gasteiger partial charge on any atom is 0.314 e. The molecule has 0 aliphatic carbocycles. The second-order valence-corrected chi connectivity index (χ2v) is 4.69. The largest absolute Gasteiger partial charge is 0.338 e. The Morgan fingerprint density at radius 2 is 2.19 bits per heavy atom. The fourth-order valence-corrected chi connectivity index (χ4v) is 2.06. The van der Waals surface area contributed by atoms with Gasteiger partial charge in [0, 0.05) is 25.2 Å². The number of nitrogens with one attached hydrogen (secondary N) is 3. The van der Waals surface area contributed by atoms with Gasteiger partial charge in [0.25, 0.3) is 0 Å². The van der Waals surface area contributed by atoms with E-state index in [0.717, 1.165) is 25.9 Å². The van der Waals surface area contributed by atoms with Crippen molar-refractivity contribution in [3.8, 4) is 0 Å². The van der Waals surface area contributed by atoms with Crippen LogP contribution in [0.25, 0.3) is 0 Å². The Morgan fingerprint density at radius 3 is 2.88 bits per heavy atom. The predicted octanol–water partition coefficient (Wildman–Crippen LogP) is 1.62. The third-order valence-corrected chi connectivity index (χ3v) is 3.03. The fraction of sp³-hybridized carbons (Fsp3) is 0.917. The maximum absolute atomic E-state index is 11.4. The number of carbonyl (C=O) groups is 1. The van der Waals surface area contributed by atoms with Crippen LogP contribution in [0.5, 0.6) is 0 Å². The Hall–Kier alpha value is -0.770. The van der Waals surface area contributed by atoms with Gasteiger partial charge in [-0.3, -0.25) is 0 Å². The molecule has 94 valence electrons. The van der Waals surface area contributed by atoms with Gasteiger partial charge in [0.1, 0.15) is 0 Å². The molecule has 2 unspecified atom stereocenters. The molecule has 0 spiro atoms. The molecular formula is C12H25N3O. The van der Waals surface area contributed by atoms with Crippen molar-refractivity contribution in [1.82, 2.24) is 16.0 Å². The van der Waals surface area contributed by atoms with E-state index >= 15 is 0 Å². The third-order valence-electron chi connectivity index (χ3n) is 3.03. The molecule has 1 heterocycles. The molecule has 0 radical (unpaired) electrons. The van der Waals surface area contributed by atoms with E-state index < -0.39 is 0 Å². The zero-order chi connectivity index (χ0) is 11.8. The average molecular weight is 227 g/mol. The van der Waals surface area contributed by atoms with E-state index in [1.54, 1.807) is 0 Å². The van der Waals surface area contributed by atoms with Crippen LogP contribution in [0.15, 0.2) is 0 Å². The number of unbranched alkanes of at least 4 members (excludes halogenated alkanes) is 1. The predicted molar refractivity (Wildman–Crippen MR) is 66.5 cm³/mol. The molecule has 0 aromatic heterocycles. The maximum atomic E-state index is 11.4. The lowest BCUT2D eigenvalue weighted by atomic mass is 10.00. The van der Waals surface area contributed by atoms with Crippen molar-refractivity contribution in [2.75, 3.05) is 13.1 Å². The van der Waals surface area contributed by atoms with Gasteiger partial charge in [-0.1, -0.05) is 19.8 Å². The summed E-state index contributed by atoms with van der Waals surface area (Å²) in [5.74, 6) is 0. The highest BCUT2D eigenvalue weighted by molar-refractivity contribution is 5.73. The Kier molecular flexibility index (Phi) is 6.23. The first-order valence-electron chi connectivity index (χ1n) is 6.50. The quantitative estimate of drug-likeness (QED) is 0.625. The fourth-order valence-electron chi connectivity index (χ4n) is 2.06. The van der Waals surface area contributed by atoms with Gasteiger partial charge >= 0.3 is 6.03 Å². The van der Waals surface area contributed by atoms with Crippen LogP contribution in [0.3, 0.4) is 0 Å². The van der Waals surface area contributed by atoms with Crippen molar-refractivity contribution in [3.63, 3.8) is 0 Å². The summed E-state index contributed by atoms with van der Waals surface area (Å²) in [7, 11) is 0. The Labute approximate surface area is 98.6 Å². The van der Waals surface area contributed by atoms with E-state index in [0.29, 0.717) is 12.1 Å². The smallest absolute Gasteiger partial charge is 0.314 e. The molecule has 0 aromatic rings. The second-order valence-electron chi connectivity index (χ2n) is 4.69. The number of hydrogen-bond donors (Lipinski definition) is 3. The number of piperidine rings is 1. The Bertz CT molecular complexity index is 208. The summed E-state index contributed by atoms with van der Waals surface area (Å²) in [6.07, 6.45) is 5.84. The zero-order valence-electron chi connectivity index (χ0n) is 10.5. The van der Waals surface area contributed by atoms with Gasteiger partial charge in [0.05, 0.1) is 0 Å². The molecule has 1 aliphatic rings. The van der Waals surface area contributed by atoms with Gasteiger partial charge in [-0.15, -0.1) is 0 Å². The molecule has 0 aromatic carbocycles. The zero-order valence-corrected chi connectivity index (χ0v) is 10.5. The lowest BCUT2D eigenvalue weighted by Crippen LogP contribution is -2.49.